The van der Waals surface area contributed by atoms with E-state index in [2.05, 4.69) is 29.1 Å². The Morgan fingerprint density at radius 3 is 2.46 bits per heavy atom. The van der Waals surface area contributed by atoms with Crippen molar-refractivity contribution >= 4 is 29.9 Å². The minimum absolute atomic E-state index is 0. The van der Waals surface area contributed by atoms with Crippen molar-refractivity contribution in [3.05, 3.63) is 0 Å². The topological polar surface area (TPSA) is 55.3 Å². The first-order valence-electron chi connectivity index (χ1n) is 8.85. The molecule has 7 heteroatoms. The normalized spacial score (nSPS) is 16.4. The Labute approximate surface area is 164 Å². The van der Waals surface area contributed by atoms with Gasteiger partial charge in [0, 0.05) is 53.6 Å². The van der Waals surface area contributed by atoms with Crippen LogP contribution in [0.5, 0.6) is 0 Å². The van der Waals surface area contributed by atoms with Crippen LogP contribution in [0.15, 0.2) is 4.99 Å². The van der Waals surface area contributed by atoms with Crippen LogP contribution in [0.3, 0.4) is 0 Å². The molecule has 0 aliphatic carbocycles. The summed E-state index contributed by atoms with van der Waals surface area (Å²) < 4.78 is 16.5. The molecule has 0 atom stereocenters. The summed E-state index contributed by atoms with van der Waals surface area (Å²) in [6.45, 7) is 9.37. The molecule has 0 unspecified atom stereocenters. The summed E-state index contributed by atoms with van der Waals surface area (Å²) in [5.74, 6) is 0.993. The minimum Gasteiger partial charge on any atom is -0.385 e. The van der Waals surface area contributed by atoms with Crippen LogP contribution < -0.4 is 5.32 Å². The highest BCUT2D eigenvalue weighted by atomic mass is 127. The molecule has 24 heavy (non-hydrogen) atoms. The van der Waals surface area contributed by atoms with Gasteiger partial charge in [-0.25, -0.2) is 0 Å². The quantitative estimate of drug-likeness (QED) is 0.237. The summed E-state index contributed by atoms with van der Waals surface area (Å²) in [5, 5.41) is 3.43. The molecule has 1 fully saturated rings. The van der Waals surface area contributed by atoms with Crippen molar-refractivity contribution in [2.75, 3.05) is 53.6 Å². The van der Waals surface area contributed by atoms with E-state index in [-0.39, 0.29) is 24.0 Å². The van der Waals surface area contributed by atoms with Crippen molar-refractivity contribution in [3.8, 4) is 0 Å². The van der Waals surface area contributed by atoms with Crippen LogP contribution in [0, 0.1) is 0 Å². The molecule has 1 rings (SSSR count). The lowest BCUT2D eigenvalue weighted by Gasteiger charge is -2.34. The van der Waals surface area contributed by atoms with Gasteiger partial charge in [0.15, 0.2) is 5.96 Å². The predicted molar refractivity (Wildman–Crippen MR) is 110 cm³/mol. The molecule has 0 aromatic carbocycles. The van der Waals surface area contributed by atoms with Gasteiger partial charge in [0.05, 0.1) is 12.2 Å². The third-order valence-electron chi connectivity index (χ3n) is 3.86. The number of ether oxygens (including phenoxy) is 3. The summed E-state index contributed by atoms with van der Waals surface area (Å²) in [6, 6.07) is 0. The molecule has 144 valence electrons. The highest BCUT2D eigenvalue weighted by molar-refractivity contribution is 14.0. The van der Waals surface area contributed by atoms with E-state index in [0.29, 0.717) is 12.2 Å². The lowest BCUT2D eigenvalue weighted by atomic mass is 10.1. The number of piperidine rings is 1. The number of nitrogens with one attached hydrogen (secondary N) is 1. The SMILES string of the molecule is CN=C(NCCCOC(C)C)N1CCC(OCCCOC)CC1.I. The van der Waals surface area contributed by atoms with Gasteiger partial charge in [-0.3, -0.25) is 4.99 Å². The average Bonchev–Trinajstić information content (AvgIpc) is 2.55. The summed E-state index contributed by atoms with van der Waals surface area (Å²) >= 11 is 0. The Morgan fingerprint density at radius 2 is 1.88 bits per heavy atom. The van der Waals surface area contributed by atoms with Gasteiger partial charge in [0.25, 0.3) is 0 Å². The number of guanidine groups is 1. The lowest BCUT2D eigenvalue weighted by molar-refractivity contribution is 0.00989. The second-order valence-corrected chi connectivity index (χ2v) is 6.15. The first-order valence-corrected chi connectivity index (χ1v) is 8.85. The molecular weight excluding hydrogens is 421 g/mol. The van der Waals surface area contributed by atoms with Gasteiger partial charge >= 0.3 is 0 Å². The minimum atomic E-state index is 0. The zero-order chi connectivity index (χ0) is 16.9. The molecule has 0 aromatic rings. The van der Waals surface area contributed by atoms with E-state index in [0.717, 1.165) is 71.1 Å². The molecule has 1 N–H and O–H groups in total. The Morgan fingerprint density at radius 1 is 1.17 bits per heavy atom. The van der Waals surface area contributed by atoms with Crippen molar-refractivity contribution in [2.24, 2.45) is 4.99 Å². The molecule has 0 bridgehead atoms. The molecule has 0 radical (unpaired) electrons. The van der Waals surface area contributed by atoms with Crippen LogP contribution in [0.1, 0.15) is 39.5 Å². The average molecular weight is 457 g/mol. The second kappa shape index (κ2) is 15.2. The maximum absolute atomic E-state index is 5.90. The summed E-state index contributed by atoms with van der Waals surface area (Å²) in [7, 11) is 3.58. The van der Waals surface area contributed by atoms with Crippen LogP contribution in [0.25, 0.3) is 0 Å². The van der Waals surface area contributed by atoms with Gasteiger partial charge in [-0.1, -0.05) is 0 Å². The highest BCUT2D eigenvalue weighted by Crippen LogP contribution is 2.14. The van der Waals surface area contributed by atoms with Gasteiger partial charge in [-0.2, -0.15) is 0 Å². The number of halogens is 1. The molecule has 1 heterocycles. The van der Waals surface area contributed by atoms with E-state index >= 15 is 0 Å². The molecule has 0 aromatic heterocycles. The first kappa shape index (κ1) is 23.9. The molecule has 0 spiro atoms. The fourth-order valence-electron chi connectivity index (χ4n) is 2.61. The summed E-state index contributed by atoms with van der Waals surface area (Å²) in [5.41, 5.74) is 0. The van der Waals surface area contributed by atoms with Gasteiger partial charge < -0.3 is 24.4 Å². The number of hydrogen-bond acceptors (Lipinski definition) is 4. The van der Waals surface area contributed by atoms with Crippen molar-refractivity contribution in [2.45, 2.75) is 51.7 Å². The van der Waals surface area contributed by atoms with Crippen LogP contribution >= 0.6 is 24.0 Å². The van der Waals surface area contributed by atoms with E-state index in [4.69, 9.17) is 14.2 Å². The fraction of sp³-hybridized carbons (Fsp3) is 0.941. The Bertz CT molecular complexity index is 322. The number of methoxy groups -OCH3 is 1. The summed E-state index contributed by atoms with van der Waals surface area (Å²) in [6.07, 6.45) is 4.76. The number of likely N-dealkylation sites (tertiary alicyclic amines) is 1. The maximum atomic E-state index is 5.90. The molecule has 1 aliphatic rings. The predicted octanol–water partition coefficient (Wildman–Crippen LogP) is 2.51. The van der Waals surface area contributed by atoms with Crippen LogP contribution in [-0.2, 0) is 14.2 Å². The van der Waals surface area contributed by atoms with Crippen molar-refractivity contribution < 1.29 is 14.2 Å². The van der Waals surface area contributed by atoms with E-state index in [1.54, 1.807) is 7.11 Å². The van der Waals surface area contributed by atoms with Crippen LogP contribution in [-0.4, -0.2) is 76.7 Å². The molecule has 1 saturated heterocycles. The Balaban J connectivity index is 0.00000529. The van der Waals surface area contributed by atoms with Gasteiger partial charge in [-0.15, -0.1) is 24.0 Å². The third-order valence-corrected chi connectivity index (χ3v) is 3.86. The largest absolute Gasteiger partial charge is 0.385 e. The standard InChI is InChI=1S/C17H35N3O3.HI/c1-15(2)22-13-5-9-19-17(18-3)20-10-7-16(8-11-20)23-14-6-12-21-4;/h15-16H,5-14H2,1-4H3,(H,18,19);1H. The van der Waals surface area contributed by atoms with Gasteiger partial charge in [0.1, 0.15) is 0 Å². The summed E-state index contributed by atoms with van der Waals surface area (Å²) in [4.78, 5) is 6.71. The molecule has 0 saturated carbocycles. The molecule has 1 aliphatic heterocycles. The van der Waals surface area contributed by atoms with Crippen molar-refractivity contribution in [1.29, 1.82) is 0 Å². The Hall–Kier alpha value is -0.120. The van der Waals surface area contributed by atoms with Crippen molar-refractivity contribution in [1.82, 2.24) is 10.2 Å². The monoisotopic (exact) mass is 457 g/mol. The first-order chi connectivity index (χ1) is 11.2. The van der Waals surface area contributed by atoms with Crippen LogP contribution in [0.4, 0.5) is 0 Å². The Kier molecular flexibility index (Phi) is 15.1. The van der Waals surface area contributed by atoms with Crippen molar-refractivity contribution in [3.63, 3.8) is 0 Å². The second-order valence-electron chi connectivity index (χ2n) is 6.15. The van der Waals surface area contributed by atoms with Gasteiger partial charge in [0.2, 0.25) is 0 Å². The maximum Gasteiger partial charge on any atom is 0.193 e. The van der Waals surface area contributed by atoms with E-state index in [9.17, 15) is 0 Å². The molecular formula is C17H36IN3O3. The van der Waals surface area contributed by atoms with Gasteiger partial charge in [-0.05, 0) is 39.5 Å². The number of hydrogen-bond donors (Lipinski definition) is 1. The number of aliphatic imine (C=N–C) groups is 1. The number of nitrogens with zero attached hydrogens (tertiary/aromatic N) is 2. The number of rotatable bonds is 10. The molecule has 0 amide bonds. The molecule has 6 nitrogen and oxygen atoms in total. The smallest absolute Gasteiger partial charge is 0.193 e. The van der Waals surface area contributed by atoms with Crippen LogP contribution in [0.2, 0.25) is 0 Å². The third kappa shape index (κ3) is 10.7. The van der Waals surface area contributed by atoms with E-state index in [1.807, 2.05) is 7.05 Å². The zero-order valence-corrected chi connectivity index (χ0v) is 18.1. The fourth-order valence-corrected chi connectivity index (χ4v) is 2.61. The van der Waals surface area contributed by atoms with E-state index < -0.39 is 0 Å². The van der Waals surface area contributed by atoms with E-state index in [1.165, 1.54) is 0 Å². The zero-order valence-electron chi connectivity index (χ0n) is 15.8. The lowest BCUT2D eigenvalue weighted by Crippen LogP contribution is -2.47. The highest BCUT2D eigenvalue weighted by Gasteiger charge is 2.21.